The van der Waals surface area contributed by atoms with E-state index in [0.29, 0.717) is 12.2 Å². The van der Waals surface area contributed by atoms with Gasteiger partial charge >= 0.3 is 5.97 Å². The Morgan fingerprint density at radius 1 is 1.67 bits per heavy atom. The molecule has 0 saturated carbocycles. The number of carboxylic acids is 1. The number of rotatable bonds is 3. The van der Waals surface area contributed by atoms with E-state index in [1.165, 1.54) is 4.31 Å². The van der Waals surface area contributed by atoms with Gasteiger partial charge < -0.3 is 5.11 Å². The van der Waals surface area contributed by atoms with Crippen LogP contribution >= 0.6 is 11.3 Å². The monoisotopic (exact) mass is 248 g/mol. The van der Waals surface area contributed by atoms with Gasteiger partial charge in [0.1, 0.15) is 0 Å². The molecule has 0 aromatic carbocycles. The number of aromatic carboxylic acids is 1. The zero-order valence-corrected chi connectivity index (χ0v) is 9.21. The number of thiazole rings is 1. The van der Waals surface area contributed by atoms with Crippen LogP contribution in [-0.4, -0.2) is 41.1 Å². The van der Waals surface area contributed by atoms with Gasteiger partial charge in [0.05, 0.1) is 18.0 Å². The highest BCUT2D eigenvalue weighted by Crippen LogP contribution is 2.18. The zero-order valence-electron chi connectivity index (χ0n) is 7.58. The van der Waals surface area contributed by atoms with Gasteiger partial charge in [-0.05, 0) is 0 Å². The van der Waals surface area contributed by atoms with E-state index in [0.717, 1.165) is 11.3 Å². The molecule has 1 fully saturated rings. The van der Waals surface area contributed by atoms with Crippen molar-refractivity contribution in [1.82, 2.24) is 9.29 Å². The fourth-order valence-corrected chi connectivity index (χ4v) is 2.92. The molecule has 0 aliphatic carbocycles. The summed E-state index contributed by atoms with van der Waals surface area (Å²) in [7, 11) is -3.08. The summed E-state index contributed by atoms with van der Waals surface area (Å²) in [5.41, 5.74) is 0.487. The second kappa shape index (κ2) is 3.54. The van der Waals surface area contributed by atoms with E-state index in [1.54, 1.807) is 5.38 Å². The van der Waals surface area contributed by atoms with Crippen molar-refractivity contribution in [3.8, 4) is 0 Å². The summed E-state index contributed by atoms with van der Waals surface area (Å²) >= 11 is 1.00. The summed E-state index contributed by atoms with van der Waals surface area (Å²) in [5, 5.41) is 10.2. The van der Waals surface area contributed by atoms with Gasteiger partial charge in [-0.25, -0.2) is 18.2 Å². The topological polar surface area (TPSA) is 87.6 Å². The van der Waals surface area contributed by atoms with Gasteiger partial charge in [0.2, 0.25) is 15.0 Å². The Kier molecular flexibility index (Phi) is 2.49. The van der Waals surface area contributed by atoms with Crippen LogP contribution in [0.2, 0.25) is 0 Å². The molecule has 0 atom stereocenters. The number of carbonyl (C=O) groups is 1. The minimum Gasteiger partial charge on any atom is -0.476 e. The molecule has 6 nitrogen and oxygen atoms in total. The Morgan fingerprint density at radius 2 is 2.40 bits per heavy atom. The molecule has 8 heteroatoms. The molecular weight excluding hydrogens is 240 g/mol. The highest BCUT2D eigenvalue weighted by atomic mass is 32.2. The average Bonchev–Trinajstić information content (AvgIpc) is 2.61. The zero-order chi connectivity index (χ0) is 11.1. The van der Waals surface area contributed by atoms with E-state index in [4.69, 9.17) is 5.11 Å². The van der Waals surface area contributed by atoms with Gasteiger partial charge in [0, 0.05) is 11.9 Å². The van der Waals surface area contributed by atoms with E-state index >= 15 is 0 Å². The molecule has 0 radical (unpaired) electrons. The number of sulfonamides is 1. The smallest absolute Gasteiger partial charge is 0.365 e. The quantitative estimate of drug-likeness (QED) is 0.812. The van der Waals surface area contributed by atoms with Crippen LogP contribution < -0.4 is 0 Å². The van der Waals surface area contributed by atoms with Gasteiger partial charge in [-0.15, -0.1) is 11.3 Å². The van der Waals surface area contributed by atoms with Crippen molar-refractivity contribution >= 4 is 27.3 Å². The number of aromatic nitrogens is 1. The molecule has 1 N–H and O–H groups in total. The Hall–Kier alpha value is -0.990. The molecule has 0 unspecified atom stereocenters. The number of nitrogens with zero attached hydrogens (tertiary/aromatic N) is 2. The molecule has 1 aliphatic rings. The summed E-state index contributed by atoms with van der Waals surface area (Å²) in [6.45, 7) is 0.661. The molecule has 15 heavy (non-hydrogen) atoms. The maximum Gasteiger partial charge on any atom is 0.365 e. The van der Waals surface area contributed by atoms with Gasteiger partial charge in [0.15, 0.2) is 0 Å². The second-order valence-electron chi connectivity index (χ2n) is 3.10. The lowest BCUT2D eigenvalue weighted by atomic mass is 10.5. The molecule has 1 saturated heterocycles. The van der Waals surface area contributed by atoms with Crippen LogP contribution in [0.4, 0.5) is 0 Å². The number of hydrogen-bond acceptors (Lipinski definition) is 5. The van der Waals surface area contributed by atoms with Crippen LogP contribution in [-0.2, 0) is 16.6 Å². The highest BCUT2D eigenvalue weighted by molar-refractivity contribution is 7.90. The van der Waals surface area contributed by atoms with Crippen molar-refractivity contribution in [2.75, 3.05) is 12.3 Å². The largest absolute Gasteiger partial charge is 0.476 e. The minimum atomic E-state index is -3.08. The van der Waals surface area contributed by atoms with E-state index in [1.807, 2.05) is 0 Å². The number of carboxylic acid groups (broad SMARTS) is 1. The van der Waals surface area contributed by atoms with E-state index < -0.39 is 16.0 Å². The molecule has 0 bridgehead atoms. The highest BCUT2D eigenvalue weighted by Gasteiger charge is 2.32. The van der Waals surface area contributed by atoms with Crippen LogP contribution in [0.15, 0.2) is 5.38 Å². The molecule has 2 heterocycles. The summed E-state index contributed by atoms with van der Waals surface area (Å²) in [6.07, 6.45) is 0. The maximum atomic E-state index is 11.1. The summed E-state index contributed by atoms with van der Waals surface area (Å²) in [6, 6.07) is 0. The first-order valence-corrected chi connectivity index (χ1v) is 6.63. The molecule has 1 aromatic heterocycles. The summed E-state index contributed by atoms with van der Waals surface area (Å²) < 4.78 is 23.6. The summed E-state index contributed by atoms with van der Waals surface area (Å²) in [5.74, 6) is -0.916. The second-order valence-corrected chi connectivity index (χ2v) is 6.05. The fourth-order valence-electron chi connectivity index (χ4n) is 1.21. The van der Waals surface area contributed by atoms with Crippen molar-refractivity contribution in [2.45, 2.75) is 6.54 Å². The summed E-state index contributed by atoms with van der Waals surface area (Å²) in [4.78, 5) is 14.3. The van der Waals surface area contributed by atoms with Crippen molar-refractivity contribution in [2.24, 2.45) is 0 Å². The molecule has 0 spiro atoms. The van der Waals surface area contributed by atoms with Crippen molar-refractivity contribution < 1.29 is 18.3 Å². The fraction of sp³-hybridized carbons (Fsp3) is 0.429. The lowest BCUT2D eigenvalue weighted by Gasteiger charge is -2.29. The van der Waals surface area contributed by atoms with Gasteiger partial charge in [-0.2, -0.15) is 4.31 Å². The lowest BCUT2D eigenvalue weighted by Crippen LogP contribution is -2.46. The molecule has 1 aromatic rings. The molecule has 1 aliphatic heterocycles. The van der Waals surface area contributed by atoms with Crippen LogP contribution in [0.5, 0.6) is 0 Å². The first kappa shape index (κ1) is 10.5. The predicted octanol–water partition coefficient (Wildman–Crippen LogP) is -0.0133. The van der Waals surface area contributed by atoms with E-state index in [2.05, 4.69) is 4.98 Å². The maximum absolute atomic E-state index is 11.1. The Bertz CT molecular complexity index is 493. The van der Waals surface area contributed by atoms with Gasteiger partial charge in [-0.3, -0.25) is 0 Å². The Balaban J connectivity index is 2.09. The molecular formula is C7H8N2O4S2. The normalized spacial score (nSPS) is 19.7. The van der Waals surface area contributed by atoms with Gasteiger partial charge in [-0.1, -0.05) is 0 Å². The third-order valence-corrected chi connectivity index (χ3v) is 4.74. The Labute approximate surface area is 90.2 Å². The number of hydrogen-bond donors (Lipinski definition) is 1. The molecule has 0 amide bonds. The van der Waals surface area contributed by atoms with Crippen LogP contribution in [0, 0.1) is 0 Å². The Morgan fingerprint density at radius 3 is 2.80 bits per heavy atom. The van der Waals surface area contributed by atoms with Crippen LogP contribution in [0.1, 0.15) is 15.5 Å². The van der Waals surface area contributed by atoms with Crippen LogP contribution in [0.25, 0.3) is 0 Å². The minimum absolute atomic E-state index is 0.0112. The first-order valence-electron chi connectivity index (χ1n) is 4.14. The lowest BCUT2D eigenvalue weighted by molar-refractivity contribution is 0.0696. The van der Waals surface area contributed by atoms with Crippen molar-refractivity contribution in [1.29, 1.82) is 0 Å². The molecule has 2 rings (SSSR count). The molecule has 82 valence electrons. The van der Waals surface area contributed by atoms with Crippen molar-refractivity contribution in [3.05, 3.63) is 16.1 Å². The van der Waals surface area contributed by atoms with Gasteiger partial charge in [0.25, 0.3) is 0 Å². The average molecular weight is 248 g/mol. The van der Waals surface area contributed by atoms with E-state index in [-0.39, 0.29) is 17.3 Å². The van der Waals surface area contributed by atoms with Crippen molar-refractivity contribution in [3.63, 3.8) is 0 Å². The van der Waals surface area contributed by atoms with Crippen LogP contribution in [0.3, 0.4) is 0 Å². The standard InChI is InChI=1S/C7H8N2O4S2/c10-7(11)6-8-5(4-14-6)3-9-1-2-15(9,12)13/h4H,1-3H2,(H,10,11). The first-order chi connectivity index (χ1) is 6.99. The van der Waals surface area contributed by atoms with E-state index in [9.17, 15) is 13.2 Å². The third-order valence-electron chi connectivity index (χ3n) is 2.07. The predicted molar refractivity (Wildman–Crippen MR) is 53.3 cm³/mol. The third kappa shape index (κ3) is 2.01. The SMILES string of the molecule is O=C(O)c1nc(CN2CCS2(=O)=O)cs1.